The minimum atomic E-state index is -1.75. The molecule has 0 aliphatic carbocycles. The number of nitrogens with one attached hydrogen (secondary N) is 1. The average molecular weight is 506 g/mol. The number of nitrogens with zero attached hydrogens (tertiary/aromatic N) is 5. The van der Waals surface area contributed by atoms with Crippen LogP contribution in [-0.4, -0.2) is 55.8 Å². The molecule has 11 heteroatoms. The Morgan fingerprint density at radius 3 is 2.59 bits per heavy atom. The van der Waals surface area contributed by atoms with Crippen LogP contribution in [0.5, 0.6) is 0 Å². The molecule has 0 radical (unpaired) electrons. The molecular weight excluding hydrogens is 480 g/mol. The highest BCUT2D eigenvalue weighted by Gasteiger charge is 2.23. The fourth-order valence-electron chi connectivity index (χ4n) is 4.41. The first kappa shape index (κ1) is 24.5. The van der Waals surface area contributed by atoms with Crippen LogP contribution in [0.2, 0.25) is 0 Å². The Morgan fingerprint density at radius 1 is 1.16 bits per heavy atom. The van der Waals surface area contributed by atoms with E-state index in [0.29, 0.717) is 34.3 Å². The van der Waals surface area contributed by atoms with E-state index >= 15 is 0 Å². The van der Waals surface area contributed by atoms with Crippen molar-refractivity contribution in [3.8, 4) is 5.69 Å². The Balaban J connectivity index is 1.46. The first-order valence-corrected chi connectivity index (χ1v) is 11.6. The summed E-state index contributed by atoms with van der Waals surface area (Å²) in [6.45, 7) is 3.56. The van der Waals surface area contributed by atoms with Gasteiger partial charge in [-0.1, -0.05) is 6.08 Å². The summed E-state index contributed by atoms with van der Waals surface area (Å²) in [5.41, 5.74) is 11.0. The third-order valence-corrected chi connectivity index (χ3v) is 6.34. The number of rotatable bonds is 5. The van der Waals surface area contributed by atoms with Crippen LogP contribution in [0.25, 0.3) is 22.3 Å². The molecule has 5 rings (SSSR count). The van der Waals surface area contributed by atoms with Crippen molar-refractivity contribution in [3.63, 3.8) is 0 Å². The number of aliphatic hydroxyl groups excluding tert-OH is 1. The van der Waals surface area contributed by atoms with Gasteiger partial charge in [0.1, 0.15) is 34.7 Å². The topological polar surface area (TPSA) is 122 Å². The maximum absolute atomic E-state index is 13.5. The number of aliphatic hydroxyl groups is 1. The number of likely N-dealkylation sites (N-methyl/N-ethyl adjacent to an activating group) is 1. The van der Waals surface area contributed by atoms with Crippen molar-refractivity contribution in [1.82, 2.24) is 24.6 Å². The molecule has 0 fully saturated rings. The smallest absolute Gasteiger partial charge is 0.257 e. The molecule has 3 heterocycles. The van der Waals surface area contributed by atoms with Crippen molar-refractivity contribution in [3.05, 3.63) is 77.3 Å². The van der Waals surface area contributed by atoms with E-state index < -0.39 is 23.6 Å². The van der Waals surface area contributed by atoms with Gasteiger partial charge in [0.05, 0.1) is 5.69 Å². The number of amides is 1. The summed E-state index contributed by atoms with van der Waals surface area (Å²) in [7, 11) is 2.06. The number of hydrogen-bond acceptors (Lipinski definition) is 7. The van der Waals surface area contributed by atoms with E-state index in [9.17, 15) is 18.7 Å². The Labute approximate surface area is 211 Å². The fraction of sp³-hybridized carbons (Fsp3) is 0.231. The predicted molar refractivity (Wildman–Crippen MR) is 136 cm³/mol. The van der Waals surface area contributed by atoms with Crippen LogP contribution < -0.4 is 11.1 Å². The van der Waals surface area contributed by atoms with Crippen LogP contribution in [0, 0.1) is 18.6 Å². The summed E-state index contributed by atoms with van der Waals surface area (Å²) in [5.74, 6) is -2.30. The van der Waals surface area contributed by atoms with Gasteiger partial charge < -0.3 is 21.1 Å². The summed E-state index contributed by atoms with van der Waals surface area (Å²) in [6, 6.07) is 7.59. The maximum atomic E-state index is 13.5. The molecule has 1 unspecified atom stereocenters. The first-order chi connectivity index (χ1) is 17.7. The van der Waals surface area contributed by atoms with Gasteiger partial charge in [-0.2, -0.15) is 5.10 Å². The minimum Gasteiger partial charge on any atom is -0.382 e. The summed E-state index contributed by atoms with van der Waals surface area (Å²) in [5, 5.41) is 17.7. The molecule has 1 amide bonds. The van der Waals surface area contributed by atoms with Gasteiger partial charge in [-0.3, -0.25) is 4.79 Å². The van der Waals surface area contributed by atoms with Crippen molar-refractivity contribution >= 4 is 34.0 Å². The van der Waals surface area contributed by atoms with Crippen molar-refractivity contribution in [2.75, 3.05) is 31.2 Å². The molecule has 1 aliphatic heterocycles. The van der Waals surface area contributed by atoms with Crippen LogP contribution in [0.1, 0.15) is 29.3 Å². The third-order valence-electron chi connectivity index (χ3n) is 6.34. The molecule has 0 saturated carbocycles. The largest absolute Gasteiger partial charge is 0.382 e. The monoisotopic (exact) mass is 505 g/mol. The van der Waals surface area contributed by atoms with E-state index in [0.717, 1.165) is 48.5 Å². The highest BCUT2D eigenvalue weighted by molar-refractivity contribution is 5.96. The fourth-order valence-corrected chi connectivity index (χ4v) is 4.41. The predicted octanol–water partition coefficient (Wildman–Crippen LogP) is 3.38. The lowest BCUT2D eigenvalue weighted by molar-refractivity contribution is -0.124. The number of nitrogen functional groups attached to an aromatic ring is 1. The van der Waals surface area contributed by atoms with Crippen LogP contribution in [0.15, 0.2) is 48.8 Å². The molecule has 2 aromatic carbocycles. The zero-order valence-corrected chi connectivity index (χ0v) is 20.2. The number of nitrogens with two attached hydrogens (primary N) is 1. The van der Waals surface area contributed by atoms with Crippen LogP contribution in [0.3, 0.4) is 0 Å². The van der Waals surface area contributed by atoms with E-state index in [1.807, 2.05) is 6.92 Å². The number of hydrogen-bond donors (Lipinski definition) is 3. The van der Waals surface area contributed by atoms with Gasteiger partial charge in [0.15, 0.2) is 11.9 Å². The zero-order chi connectivity index (χ0) is 26.3. The molecule has 9 nitrogen and oxygen atoms in total. The van der Waals surface area contributed by atoms with Gasteiger partial charge in [0.25, 0.3) is 5.91 Å². The molecule has 1 aliphatic rings. The molecule has 0 bridgehead atoms. The third kappa shape index (κ3) is 4.78. The van der Waals surface area contributed by atoms with Crippen molar-refractivity contribution < 1.29 is 18.7 Å². The summed E-state index contributed by atoms with van der Waals surface area (Å²) >= 11 is 0. The van der Waals surface area contributed by atoms with Gasteiger partial charge in [0, 0.05) is 24.8 Å². The lowest BCUT2D eigenvalue weighted by Crippen LogP contribution is -2.23. The van der Waals surface area contributed by atoms with Crippen molar-refractivity contribution in [2.45, 2.75) is 19.4 Å². The standard InChI is InChI=1S/C26H25F2N7O2/c1-14-9-19(32-26(37)24(36)16-10-17(27)12-18(28)11-16)3-4-20(14)35-23-22(30-13-31-25(23)29)21(33-35)15-5-7-34(2)8-6-15/h3-5,9-13,24,36H,6-8H2,1-2H3,(H,32,37)(H2,29,30,31). The highest BCUT2D eigenvalue weighted by Crippen LogP contribution is 2.32. The van der Waals surface area contributed by atoms with Gasteiger partial charge >= 0.3 is 0 Å². The Hall–Kier alpha value is -4.22. The van der Waals surface area contributed by atoms with E-state index in [4.69, 9.17) is 10.8 Å². The van der Waals surface area contributed by atoms with E-state index in [-0.39, 0.29) is 5.56 Å². The molecule has 0 spiro atoms. The van der Waals surface area contributed by atoms with Crippen molar-refractivity contribution in [1.29, 1.82) is 0 Å². The van der Waals surface area contributed by atoms with Crippen LogP contribution >= 0.6 is 0 Å². The summed E-state index contributed by atoms with van der Waals surface area (Å²) in [6.07, 6.45) is 2.63. The van der Waals surface area contributed by atoms with Crippen LogP contribution in [-0.2, 0) is 4.79 Å². The maximum Gasteiger partial charge on any atom is 0.257 e. The molecule has 4 aromatic rings. The molecular formula is C26H25F2N7O2. The normalized spacial score (nSPS) is 15.0. The Morgan fingerprint density at radius 2 is 1.92 bits per heavy atom. The lowest BCUT2D eigenvalue weighted by atomic mass is 10.0. The number of aryl methyl sites for hydroxylation is 1. The highest BCUT2D eigenvalue weighted by atomic mass is 19.1. The van der Waals surface area contributed by atoms with Gasteiger partial charge in [-0.05, 0) is 67.4 Å². The number of carbonyl (C=O) groups is 1. The summed E-state index contributed by atoms with van der Waals surface area (Å²) < 4.78 is 28.7. The zero-order valence-electron chi connectivity index (χ0n) is 20.2. The molecule has 190 valence electrons. The molecule has 37 heavy (non-hydrogen) atoms. The molecule has 0 saturated heterocycles. The molecule has 1 atom stereocenters. The number of aromatic nitrogens is 4. The summed E-state index contributed by atoms with van der Waals surface area (Å²) in [4.78, 5) is 23.4. The second-order valence-corrected chi connectivity index (χ2v) is 9.05. The average Bonchev–Trinajstić information content (AvgIpc) is 3.24. The number of benzene rings is 2. The SMILES string of the molecule is Cc1cc(NC(=O)C(O)c2cc(F)cc(F)c2)ccc1-n1nc(C2=CCN(C)CC2)c2ncnc(N)c21. The second-order valence-electron chi connectivity index (χ2n) is 9.05. The second kappa shape index (κ2) is 9.68. The number of carbonyl (C=O) groups excluding carboxylic acids is 1. The van der Waals surface area contributed by atoms with Crippen molar-refractivity contribution in [2.24, 2.45) is 0 Å². The molecule has 2 aromatic heterocycles. The van der Waals surface area contributed by atoms with Crippen LogP contribution in [0.4, 0.5) is 20.3 Å². The van der Waals surface area contributed by atoms with E-state index in [1.165, 1.54) is 6.33 Å². The number of fused-ring (bicyclic) bond motifs is 1. The number of halogens is 2. The lowest BCUT2D eigenvalue weighted by Gasteiger charge is -2.20. The minimum absolute atomic E-state index is 0.183. The molecule has 4 N–H and O–H groups in total. The van der Waals surface area contributed by atoms with E-state index in [1.54, 1.807) is 22.9 Å². The van der Waals surface area contributed by atoms with Gasteiger partial charge in [-0.25, -0.2) is 23.4 Å². The Kier molecular flexibility index (Phi) is 6.40. The van der Waals surface area contributed by atoms with Gasteiger partial charge in [0.2, 0.25) is 0 Å². The number of anilines is 2. The van der Waals surface area contributed by atoms with E-state index in [2.05, 4.69) is 33.3 Å². The first-order valence-electron chi connectivity index (χ1n) is 11.6. The van der Waals surface area contributed by atoms with Gasteiger partial charge in [-0.15, -0.1) is 0 Å². The Bertz CT molecular complexity index is 1530. The quantitative estimate of drug-likeness (QED) is 0.380.